The lowest BCUT2D eigenvalue weighted by atomic mass is 10.1. The van der Waals surface area contributed by atoms with E-state index in [-0.39, 0.29) is 0 Å². The van der Waals surface area contributed by atoms with Crippen molar-refractivity contribution in [3.8, 4) is 0 Å². The van der Waals surface area contributed by atoms with Crippen LogP contribution in [-0.2, 0) is 22.6 Å². The SMILES string of the molecule is CCCCCCCCC=CCCCCCCCCN(CCOCCOCCN(CCCCCCCC/C=C/CCCCCCCC)CC(C)C[n+]1ccncc1)CC(C)C[n+]1ccncc1. The quantitative estimate of drug-likeness (QED) is 0.0374. The third kappa shape index (κ3) is 38.4. The largest absolute Gasteiger partial charge is 0.378 e. The molecule has 0 saturated carbocycles. The first kappa shape index (κ1) is 59.6. The molecule has 2 heterocycles. The van der Waals surface area contributed by atoms with Gasteiger partial charge in [-0.2, -0.15) is 0 Å². The standard InChI is InChI=1S/C58H106N6O2/c1-5-7-9-11-13-15-17-19-21-23-25-27-29-31-33-35-41-61(53-57(3)55-63-43-37-59-38-44-63)47-49-65-51-52-66-50-48-62(54-58(4)56-64-45-39-60-40-46-64)42-36-34-32-30-28-26-24-22-20-18-16-14-12-10-8-6-2/h19-22,37-40,43-46,57-58H,5-18,23-36,41-42,47-56H2,1-4H3/q+2/b21-19+,22-20?. The van der Waals surface area contributed by atoms with E-state index in [0.717, 1.165) is 65.6 Å². The highest BCUT2D eigenvalue weighted by Crippen LogP contribution is 2.13. The van der Waals surface area contributed by atoms with Crippen molar-refractivity contribution in [2.75, 3.05) is 65.7 Å². The van der Waals surface area contributed by atoms with Gasteiger partial charge in [0.25, 0.3) is 0 Å². The molecule has 2 atom stereocenters. The smallest absolute Gasteiger partial charge is 0.187 e. The second kappa shape index (κ2) is 46.2. The zero-order valence-electron chi connectivity index (χ0n) is 43.9. The maximum Gasteiger partial charge on any atom is 0.187 e. The van der Waals surface area contributed by atoms with Crippen LogP contribution in [0.1, 0.15) is 207 Å². The Balaban J connectivity index is 1.64. The molecule has 66 heavy (non-hydrogen) atoms. The fraction of sp³-hybridized carbons (Fsp3) is 0.793. The summed E-state index contributed by atoms with van der Waals surface area (Å²) >= 11 is 0. The van der Waals surface area contributed by atoms with Crippen molar-refractivity contribution in [2.45, 2.75) is 221 Å². The lowest BCUT2D eigenvalue weighted by molar-refractivity contribution is -0.703. The molecule has 0 aromatic carbocycles. The highest BCUT2D eigenvalue weighted by atomic mass is 16.5. The molecule has 2 aromatic heterocycles. The van der Waals surface area contributed by atoms with E-state index in [2.05, 4.69) is 106 Å². The van der Waals surface area contributed by atoms with Crippen LogP contribution in [0.15, 0.2) is 73.9 Å². The Morgan fingerprint density at radius 3 is 1.03 bits per heavy atom. The predicted molar refractivity (Wildman–Crippen MR) is 281 cm³/mol. The molecule has 2 aromatic rings. The summed E-state index contributed by atoms with van der Waals surface area (Å²) in [5, 5.41) is 0. The maximum absolute atomic E-state index is 6.19. The molecular weight excluding hydrogens is 813 g/mol. The lowest BCUT2D eigenvalue weighted by Crippen LogP contribution is -2.41. The molecule has 0 bridgehead atoms. The van der Waals surface area contributed by atoms with E-state index in [0.29, 0.717) is 25.0 Å². The second-order valence-electron chi connectivity index (χ2n) is 19.8. The molecule has 0 aliphatic rings. The molecule has 0 amide bonds. The highest BCUT2D eigenvalue weighted by Gasteiger charge is 2.16. The second-order valence-corrected chi connectivity index (χ2v) is 19.8. The maximum atomic E-state index is 6.19. The normalized spacial score (nSPS) is 13.0. The fourth-order valence-corrected chi connectivity index (χ4v) is 9.12. The molecule has 0 radical (unpaired) electrons. The van der Waals surface area contributed by atoms with Gasteiger partial charge in [0.1, 0.15) is 0 Å². The molecule has 8 nitrogen and oxygen atoms in total. The van der Waals surface area contributed by atoms with Gasteiger partial charge in [-0.1, -0.05) is 168 Å². The van der Waals surface area contributed by atoms with E-state index in [1.807, 2.05) is 24.8 Å². The molecule has 2 unspecified atom stereocenters. The summed E-state index contributed by atoms with van der Waals surface area (Å²) in [6, 6.07) is 0. The van der Waals surface area contributed by atoms with Crippen LogP contribution in [0.2, 0.25) is 0 Å². The summed E-state index contributed by atoms with van der Waals surface area (Å²) in [5.41, 5.74) is 0. The van der Waals surface area contributed by atoms with Crippen LogP contribution < -0.4 is 9.13 Å². The Kier molecular flexibility index (Phi) is 41.7. The van der Waals surface area contributed by atoms with Crippen LogP contribution in [0.25, 0.3) is 0 Å². The summed E-state index contributed by atoms with van der Waals surface area (Å²) in [4.78, 5) is 13.7. The molecule has 378 valence electrons. The topological polar surface area (TPSA) is 58.5 Å². The lowest BCUT2D eigenvalue weighted by Gasteiger charge is -2.25. The number of unbranched alkanes of at least 4 members (excludes halogenated alkanes) is 24. The van der Waals surface area contributed by atoms with Crippen LogP contribution in [0.3, 0.4) is 0 Å². The number of ether oxygens (including phenoxy) is 2. The number of nitrogens with zero attached hydrogens (tertiary/aromatic N) is 6. The molecule has 2 rings (SSSR count). The van der Waals surface area contributed by atoms with Gasteiger partial charge in [0, 0.05) is 38.0 Å². The van der Waals surface area contributed by atoms with Crippen LogP contribution in [0, 0.1) is 11.8 Å². The minimum absolute atomic E-state index is 0.556. The van der Waals surface area contributed by atoms with Gasteiger partial charge in [0.05, 0.1) is 51.2 Å². The third-order valence-electron chi connectivity index (χ3n) is 13.0. The average molecular weight is 920 g/mol. The van der Waals surface area contributed by atoms with Crippen LogP contribution in [0.4, 0.5) is 0 Å². The Hall–Kier alpha value is -2.52. The highest BCUT2D eigenvalue weighted by molar-refractivity contribution is 4.82. The van der Waals surface area contributed by atoms with Crippen molar-refractivity contribution in [3.05, 3.63) is 73.9 Å². The minimum atomic E-state index is 0.556. The van der Waals surface area contributed by atoms with Gasteiger partial charge in [-0.15, -0.1) is 0 Å². The first-order chi connectivity index (χ1) is 32.6. The average Bonchev–Trinajstić information content (AvgIpc) is 3.32. The Morgan fingerprint density at radius 2 is 0.697 bits per heavy atom. The van der Waals surface area contributed by atoms with E-state index in [9.17, 15) is 0 Å². The molecule has 0 spiro atoms. The van der Waals surface area contributed by atoms with E-state index in [1.165, 1.54) is 180 Å². The summed E-state index contributed by atoms with van der Waals surface area (Å²) in [6.45, 7) is 20.6. The zero-order chi connectivity index (χ0) is 47.1. The Labute approximate surface area is 408 Å². The third-order valence-corrected chi connectivity index (χ3v) is 13.0. The van der Waals surface area contributed by atoms with Gasteiger partial charge in [-0.3, -0.25) is 9.97 Å². The molecule has 0 fully saturated rings. The monoisotopic (exact) mass is 919 g/mol. The van der Waals surface area contributed by atoms with Crippen molar-refractivity contribution >= 4 is 0 Å². The number of allylic oxidation sites excluding steroid dienone is 4. The Morgan fingerprint density at radius 1 is 0.394 bits per heavy atom. The Bertz CT molecular complexity index is 1230. The number of rotatable bonds is 49. The van der Waals surface area contributed by atoms with Crippen molar-refractivity contribution in [3.63, 3.8) is 0 Å². The summed E-state index contributed by atoms with van der Waals surface area (Å²) in [6.07, 6.45) is 63.3. The molecule has 0 N–H and O–H groups in total. The fourth-order valence-electron chi connectivity index (χ4n) is 9.12. The summed E-state index contributed by atoms with van der Waals surface area (Å²) in [7, 11) is 0. The summed E-state index contributed by atoms with van der Waals surface area (Å²) < 4.78 is 16.9. The minimum Gasteiger partial charge on any atom is -0.378 e. The van der Waals surface area contributed by atoms with E-state index in [4.69, 9.17) is 9.47 Å². The van der Waals surface area contributed by atoms with Gasteiger partial charge in [-0.25, -0.2) is 9.13 Å². The molecule has 0 aliphatic heterocycles. The van der Waals surface area contributed by atoms with Crippen LogP contribution in [-0.4, -0.2) is 85.5 Å². The van der Waals surface area contributed by atoms with E-state index < -0.39 is 0 Å². The predicted octanol–water partition coefficient (Wildman–Crippen LogP) is 13.7. The van der Waals surface area contributed by atoms with Crippen molar-refractivity contribution < 1.29 is 18.6 Å². The molecule has 0 aliphatic carbocycles. The van der Waals surface area contributed by atoms with Crippen LogP contribution >= 0.6 is 0 Å². The first-order valence-electron chi connectivity index (χ1n) is 28.1. The molecular formula is C58H106N6O2+2. The van der Waals surface area contributed by atoms with Gasteiger partial charge in [0.2, 0.25) is 0 Å². The van der Waals surface area contributed by atoms with Crippen molar-refractivity contribution in [1.82, 2.24) is 19.8 Å². The van der Waals surface area contributed by atoms with E-state index in [1.54, 1.807) is 0 Å². The number of hydrogen-bond donors (Lipinski definition) is 0. The van der Waals surface area contributed by atoms with Gasteiger partial charge < -0.3 is 19.3 Å². The van der Waals surface area contributed by atoms with Crippen molar-refractivity contribution in [2.24, 2.45) is 11.8 Å². The van der Waals surface area contributed by atoms with Crippen LogP contribution in [0.5, 0.6) is 0 Å². The first-order valence-corrected chi connectivity index (χ1v) is 28.1. The molecule has 0 saturated heterocycles. The number of aromatic nitrogens is 4. The van der Waals surface area contributed by atoms with Gasteiger partial charge >= 0.3 is 0 Å². The van der Waals surface area contributed by atoms with E-state index >= 15 is 0 Å². The molecule has 8 heteroatoms. The summed E-state index contributed by atoms with van der Waals surface area (Å²) in [5.74, 6) is 1.11. The van der Waals surface area contributed by atoms with Gasteiger partial charge in [-0.05, 0) is 77.3 Å². The van der Waals surface area contributed by atoms with Crippen molar-refractivity contribution in [1.29, 1.82) is 0 Å². The van der Waals surface area contributed by atoms with Gasteiger partial charge in [0.15, 0.2) is 37.9 Å². The zero-order valence-corrected chi connectivity index (χ0v) is 43.9. The number of hydrogen-bond acceptors (Lipinski definition) is 6.